The van der Waals surface area contributed by atoms with Crippen LogP contribution < -0.4 is 15.4 Å². The summed E-state index contributed by atoms with van der Waals surface area (Å²) in [6.07, 6.45) is 0. The SMILES string of the molecule is N#Cc1ccccc1Oc1ccc(NC2=C(c3ccc(O)cc3)C(=O)NC2=O)cc1. The molecule has 3 aromatic carbocycles. The van der Waals surface area contributed by atoms with E-state index >= 15 is 0 Å². The number of carbonyl (C=O) groups excluding carboxylic acids is 2. The van der Waals surface area contributed by atoms with Crippen LogP contribution in [-0.4, -0.2) is 16.9 Å². The van der Waals surface area contributed by atoms with E-state index in [0.717, 1.165) is 0 Å². The third-order valence-corrected chi connectivity index (χ3v) is 4.45. The number of anilines is 1. The Hall–Kier alpha value is -4.57. The molecule has 0 saturated carbocycles. The molecule has 0 radical (unpaired) electrons. The minimum Gasteiger partial charge on any atom is -0.508 e. The van der Waals surface area contributed by atoms with E-state index in [0.29, 0.717) is 28.3 Å². The number of nitrogens with one attached hydrogen (secondary N) is 2. The lowest BCUT2D eigenvalue weighted by molar-refractivity contribution is -0.123. The maximum Gasteiger partial charge on any atom is 0.275 e. The summed E-state index contributed by atoms with van der Waals surface area (Å²) in [5.74, 6) is -0.0264. The highest BCUT2D eigenvalue weighted by Gasteiger charge is 2.31. The van der Waals surface area contributed by atoms with Gasteiger partial charge in [-0.1, -0.05) is 24.3 Å². The molecule has 0 bridgehead atoms. The Labute approximate surface area is 171 Å². The number of nitrogens with zero attached hydrogens (tertiary/aromatic N) is 1. The lowest BCUT2D eigenvalue weighted by atomic mass is 10.0. The molecular weight excluding hydrogens is 382 g/mol. The minimum atomic E-state index is -0.536. The second-order valence-electron chi connectivity index (χ2n) is 6.44. The van der Waals surface area contributed by atoms with Crippen molar-refractivity contribution < 1.29 is 19.4 Å². The van der Waals surface area contributed by atoms with Gasteiger partial charge in [-0.3, -0.25) is 14.9 Å². The van der Waals surface area contributed by atoms with Crippen LogP contribution in [0.25, 0.3) is 5.57 Å². The monoisotopic (exact) mass is 397 g/mol. The summed E-state index contributed by atoms with van der Waals surface area (Å²) in [6, 6.07) is 21.8. The van der Waals surface area contributed by atoms with Crippen molar-refractivity contribution in [2.24, 2.45) is 0 Å². The number of rotatable bonds is 5. The Morgan fingerprint density at radius 2 is 1.60 bits per heavy atom. The lowest BCUT2D eigenvalue weighted by Gasteiger charge is -2.10. The zero-order chi connectivity index (χ0) is 21.1. The van der Waals surface area contributed by atoms with Gasteiger partial charge in [-0.25, -0.2) is 0 Å². The summed E-state index contributed by atoms with van der Waals surface area (Å²) < 4.78 is 5.75. The number of imide groups is 1. The topological polar surface area (TPSA) is 111 Å². The molecular formula is C23H15N3O4. The molecule has 0 fully saturated rings. The van der Waals surface area contributed by atoms with E-state index in [1.54, 1.807) is 60.7 Å². The second-order valence-corrected chi connectivity index (χ2v) is 6.44. The van der Waals surface area contributed by atoms with E-state index in [1.807, 2.05) is 0 Å². The minimum absolute atomic E-state index is 0.0622. The molecule has 0 aromatic heterocycles. The van der Waals surface area contributed by atoms with E-state index in [-0.39, 0.29) is 17.0 Å². The number of phenolic OH excluding ortho intramolecular Hbond substituents is 1. The Morgan fingerprint density at radius 3 is 2.30 bits per heavy atom. The number of hydrogen-bond donors (Lipinski definition) is 3. The van der Waals surface area contributed by atoms with Gasteiger partial charge in [0.15, 0.2) is 0 Å². The van der Waals surface area contributed by atoms with E-state index in [1.165, 1.54) is 12.1 Å². The number of phenols is 1. The van der Waals surface area contributed by atoms with Crippen LogP contribution in [-0.2, 0) is 9.59 Å². The van der Waals surface area contributed by atoms with E-state index < -0.39 is 11.8 Å². The number of carbonyl (C=O) groups is 2. The zero-order valence-corrected chi connectivity index (χ0v) is 15.5. The number of aromatic hydroxyl groups is 1. The molecule has 0 aliphatic carbocycles. The fourth-order valence-corrected chi connectivity index (χ4v) is 3.00. The Kier molecular flexibility index (Phi) is 4.89. The molecule has 1 aliphatic heterocycles. The van der Waals surface area contributed by atoms with Gasteiger partial charge >= 0.3 is 0 Å². The fraction of sp³-hybridized carbons (Fsp3) is 0. The van der Waals surface area contributed by atoms with Crippen molar-refractivity contribution in [2.75, 3.05) is 5.32 Å². The molecule has 0 unspecified atom stereocenters. The number of amides is 2. The molecule has 2 amide bonds. The van der Waals surface area contributed by atoms with Crippen molar-refractivity contribution in [2.45, 2.75) is 0 Å². The Bertz CT molecular complexity index is 1210. The van der Waals surface area contributed by atoms with E-state index in [4.69, 9.17) is 10.00 Å². The molecule has 0 atom stereocenters. The summed E-state index contributed by atoms with van der Waals surface area (Å²) >= 11 is 0. The van der Waals surface area contributed by atoms with Crippen molar-refractivity contribution in [3.05, 3.63) is 89.6 Å². The van der Waals surface area contributed by atoms with Crippen LogP contribution in [0.1, 0.15) is 11.1 Å². The molecule has 1 aliphatic rings. The number of hydrogen-bond acceptors (Lipinski definition) is 6. The van der Waals surface area contributed by atoms with Crippen LogP contribution in [0.2, 0.25) is 0 Å². The molecule has 30 heavy (non-hydrogen) atoms. The largest absolute Gasteiger partial charge is 0.508 e. The van der Waals surface area contributed by atoms with Gasteiger partial charge in [-0.05, 0) is 54.1 Å². The van der Waals surface area contributed by atoms with Crippen LogP contribution in [0, 0.1) is 11.3 Å². The molecule has 7 nitrogen and oxygen atoms in total. The van der Waals surface area contributed by atoms with Gasteiger partial charge in [0.2, 0.25) is 0 Å². The summed E-state index contributed by atoms with van der Waals surface area (Å²) in [6.45, 7) is 0. The molecule has 7 heteroatoms. The molecule has 3 N–H and O–H groups in total. The summed E-state index contributed by atoms with van der Waals surface area (Å²) in [4.78, 5) is 24.5. The standard InChI is InChI=1S/C23H15N3O4/c24-13-15-3-1-2-4-19(15)30-18-11-7-16(8-12-18)25-21-20(22(28)26-23(21)29)14-5-9-17(27)10-6-14/h1-12,27H,(H2,25,26,28,29). The molecule has 4 rings (SSSR count). The van der Waals surface area contributed by atoms with Gasteiger partial charge in [0.05, 0.1) is 11.1 Å². The van der Waals surface area contributed by atoms with Crippen molar-refractivity contribution in [3.63, 3.8) is 0 Å². The maximum absolute atomic E-state index is 12.3. The molecule has 1 heterocycles. The number of benzene rings is 3. The third kappa shape index (κ3) is 3.70. The van der Waals surface area contributed by atoms with Crippen LogP contribution in [0.15, 0.2) is 78.5 Å². The van der Waals surface area contributed by atoms with E-state index in [2.05, 4.69) is 16.7 Å². The first-order chi connectivity index (χ1) is 14.5. The second kappa shape index (κ2) is 7.81. The average molecular weight is 397 g/mol. The van der Waals surface area contributed by atoms with E-state index in [9.17, 15) is 14.7 Å². The third-order valence-electron chi connectivity index (χ3n) is 4.45. The maximum atomic E-state index is 12.3. The fourth-order valence-electron chi connectivity index (χ4n) is 3.00. The van der Waals surface area contributed by atoms with Gasteiger partial charge in [-0.2, -0.15) is 5.26 Å². The smallest absolute Gasteiger partial charge is 0.275 e. The molecule has 146 valence electrons. The number of para-hydroxylation sites is 1. The normalized spacial score (nSPS) is 13.0. The Morgan fingerprint density at radius 1 is 0.900 bits per heavy atom. The van der Waals surface area contributed by atoms with Crippen LogP contribution in [0.4, 0.5) is 5.69 Å². The summed E-state index contributed by atoms with van der Waals surface area (Å²) in [5.41, 5.74) is 1.82. The highest BCUT2D eigenvalue weighted by molar-refractivity contribution is 6.36. The van der Waals surface area contributed by atoms with Crippen molar-refractivity contribution in [1.29, 1.82) is 5.26 Å². The predicted molar refractivity (Wildman–Crippen MR) is 109 cm³/mol. The van der Waals surface area contributed by atoms with Gasteiger partial charge in [0.25, 0.3) is 11.8 Å². The van der Waals surface area contributed by atoms with Gasteiger partial charge in [0, 0.05) is 5.69 Å². The first-order valence-electron chi connectivity index (χ1n) is 8.98. The molecule has 0 spiro atoms. The Balaban J connectivity index is 1.58. The summed E-state index contributed by atoms with van der Waals surface area (Å²) in [5, 5.41) is 23.9. The predicted octanol–water partition coefficient (Wildman–Crippen LogP) is 3.54. The highest BCUT2D eigenvalue weighted by atomic mass is 16.5. The van der Waals surface area contributed by atoms with Gasteiger partial charge in [-0.15, -0.1) is 0 Å². The highest BCUT2D eigenvalue weighted by Crippen LogP contribution is 2.29. The van der Waals surface area contributed by atoms with Crippen LogP contribution in [0.3, 0.4) is 0 Å². The number of nitriles is 1. The summed E-state index contributed by atoms with van der Waals surface area (Å²) in [7, 11) is 0. The number of ether oxygens (including phenoxy) is 1. The quantitative estimate of drug-likeness (QED) is 0.568. The molecule has 3 aromatic rings. The first kappa shape index (κ1) is 18.8. The first-order valence-corrected chi connectivity index (χ1v) is 8.98. The van der Waals surface area contributed by atoms with Crippen molar-refractivity contribution >= 4 is 23.1 Å². The van der Waals surface area contributed by atoms with Crippen LogP contribution in [0.5, 0.6) is 17.2 Å². The van der Waals surface area contributed by atoms with Crippen LogP contribution >= 0.6 is 0 Å². The average Bonchev–Trinajstić information content (AvgIpc) is 3.03. The van der Waals surface area contributed by atoms with Crippen molar-refractivity contribution in [1.82, 2.24) is 5.32 Å². The van der Waals surface area contributed by atoms with Crippen molar-refractivity contribution in [3.8, 4) is 23.3 Å². The molecule has 0 saturated heterocycles. The lowest BCUT2D eigenvalue weighted by Crippen LogP contribution is -2.24. The zero-order valence-electron chi connectivity index (χ0n) is 15.5. The van der Waals surface area contributed by atoms with Gasteiger partial charge in [0.1, 0.15) is 29.0 Å². The van der Waals surface area contributed by atoms with Gasteiger partial charge < -0.3 is 15.2 Å².